The van der Waals surface area contributed by atoms with Crippen molar-refractivity contribution in [3.8, 4) is 33.9 Å². The first-order chi connectivity index (χ1) is 27.7. The van der Waals surface area contributed by atoms with Crippen molar-refractivity contribution in [2.24, 2.45) is 7.05 Å². The van der Waals surface area contributed by atoms with Crippen LogP contribution in [0.1, 0.15) is 76.0 Å². The first kappa shape index (κ1) is 38.6. The van der Waals surface area contributed by atoms with E-state index in [1.54, 1.807) is 23.3 Å². The minimum absolute atomic E-state index is 0.469. The number of hydrogen-bond acceptors (Lipinski definition) is 7. The molecule has 0 radical (unpaired) electrons. The highest BCUT2D eigenvalue weighted by Gasteiger charge is 2.11. The van der Waals surface area contributed by atoms with Crippen LogP contribution >= 0.6 is 0 Å². The van der Waals surface area contributed by atoms with E-state index < -0.39 is 0 Å². The quantitative estimate of drug-likeness (QED) is 0.167. The summed E-state index contributed by atoms with van der Waals surface area (Å²) in [6.07, 6.45) is 14.7. The summed E-state index contributed by atoms with van der Waals surface area (Å²) in [6.45, 7) is 13.2. The lowest BCUT2D eigenvalue weighted by molar-refractivity contribution is 0.768. The average molecular weight is 749 g/mol. The second-order valence-electron chi connectivity index (χ2n) is 15.1. The molecule has 5 aromatic heterocycles. The van der Waals surface area contributed by atoms with Crippen LogP contribution in [-0.4, -0.2) is 39.7 Å². The highest BCUT2D eigenvalue weighted by Crippen LogP contribution is 2.30. The maximum atomic E-state index is 4.64. The van der Waals surface area contributed by atoms with Crippen molar-refractivity contribution in [3.05, 3.63) is 163 Å². The van der Waals surface area contributed by atoms with Crippen molar-refractivity contribution in [1.82, 2.24) is 39.7 Å². The highest BCUT2D eigenvalue weighted by atomic mass is 15.2. The molecule has 8 heteroatoms. The third-order valence-electron chi connectivity index (χ3n) is 10.0. The van der Waals surface area contributed by atoms with Crippen LogP contribution in [0.3, 0.4) is 0 Å². The lowest BCUT2D eigenvalue weighted by Gasteiger charge is -2.10. The first-order valence-electron chi connectivity index (χ1n) is 19.5. The molecule has 57 heavy (non-hydrogen) atoms. The largest absolute Gasteiger partial charge is 0.275 e. The molecule has 284 valence electrons. The van der Waals surface area contributed by atoms with E-state index in [0.717, 1.165) is 39.2 Å². The van der Waals surface area contributed by atoms with Gasteiger partial charge in [0.1, 0.15) is 6.33 Å². The van der Waals surface area contributed by atoms with E-state index in [-0.39, 0.29) is 0 Å². The van der Waals surface area contributed by atoms with Crippen molar-refractivity contribution >= 4 is 32.4 Å². The summed E-state index contributed by atoms with van der Waals surface area (Å²) in [5.41, 5.74) is 9.97. The SMILES string of the molecule is CC(C)c1cccc2cc(-c3ccccc3)ncc12.CC(C)c1cccc2cc(-c3cncnc3)ncc12.CC(C)c1cccc2nc(-c3cnn(C)c3)ncc12. The van der Waals surface area contributed by atoms with Gasteiger partial charge < -0.3 is 0 Å². The highest BCUT2D eigenvalue weighted by molar-refractivity contribution is 5.89. The molecule has 0 bridgehead atoms. The molecular weight excluding hydrogens is 701 g/mol. The molecule has 9 aromatic rings. The van der Waals surface area contributed by atoms with Crippen LogP contribution < -0.4 is 0 Å². The van der Waals surface area contributed by atoms with Crippen LogP contribution in [0, 0.1) is 0 Å². The molecule has 5 heterocycles. The smallest absolute Gasteiger partial charge is 0.162 e. The van der Waals surface area contributed by atoms with Crippen molar-refractivity contribution in [3.63, 3.8) is 0 Å². The Balaban J connectivity index is 0.000000131. The second-order valence-corrected chi connectivity index (χ2v) is 15.1. The molecule has 0 aliphatic rings. The maximum Gasteiger partial charge on any atom is 0.162 e. The summed E-state index contributed by atoms with van der Waals surface area (Å²) < 4.78 is 1.76. The molecule has 0 saturated carbocycles. The molecule has 0 atom stereocenters. The van der Waals surface area contributed by atoms with Gasteiger partial charge in [-0.25, -0.2) is 19.9 Å². The lowest BCUT2D eigenvalue weighted by atomic mass is 9.96. The fourth-order valence-corrected chi connectivity index (χ4v) is 7.01. The zero-order valence-corrected chi connectivity index (χ0v) is 33.7. The van der Waals surface area contributed by atoms with E-state index in [0.29, 0.717) is 17.8 Å². The van der Waals surface area contributed by atoms with Crippen LogP contribution in [0.5, 0.6) is 0 Å². The van der Waals surface area contributed by atoms with Gasteiger partial charge >= 0.3 is 0 Å². The number of benzene rings is 4. The van der Waals surface area contributed by atoms with E-state index in [9.17, 15) is 0 Å². The number of hydrogen-bond donors (Lipinski definition) is 0. The van der Waals surface area contributed by atoms with Crippen molar-refractivity contribution < 1.29 is 0 Å². The molecule has 0 aliphatic carbocycles. The van der Waals surface area contributed by atoms with E-state index >= 15 is 0 Å². The summed E-state index contributed by atoms with van der Waals surface area (Å²) in [5.74, 6) is 2.21. The predicted molar refractivity (Wildman–Crippen MR) is 234 cm³/mol. The van der Waals surface area contributed by atoms with Gasteiger partial charge in [-0.05, 0) is 63.4 Å². The third-order valence-corrected chi connectivity index (χ3v) is 10.0. The summed E-state index contributed by atoms with van der Waals surface area (Å²) in [5, 5.41) is 10.2. The van der Waals surface area contributed by atoms with Crippen LogP contribution in [0.4, 0.5) is 0 Å². The van der Waals surface area contributed by atoms with Gasteiger partial charge in [-0.1, -0.05) is 120 Å². The molecule has 0 amide bonds. The molecule has 0 saturated heterocycles. The molecule has 4 aromatic carbocycles. The van der Waals surface area contributed by atoms with E-state index in [2.05, 4.69) is 149 Å². The van der Waals surface area contributed by atoms with Gasteiger partial charge in [0.15, 0.2) is 5.82 Å². The first-order valence-corrected chi connectivity index (χ1v) is 19.5. The van der Waals surface area contributed by atoms with Crippen molar-refractivity contribution in [2.45, 2.75) is 59.3 Å². The molecule has 0 spiro atoms. The Bertz CT molecular complexity index is 2610. The molecule has 0 aliphatic heterocycles. The molecule has 0 N–H and O–H groups in total. The fourth-order valence-electron chi connectivity index (χ4n) is 7.01. The summed E-state index contributed by atoms with van der Waals surface area (Å²) >= 11 is 0. The zero-order valence-electron chi connectivity index (χ0n) is 33.7. The van der Waals surface area contributed by atoms with Gasteiger partial charge in [0, 0.05) is 71.5 Å². The van der Waals surface area contributed by atoms with Crippen LogP contribution in [0.15, 0.2) is 147 Å². The van der Waals surface area contributed by atoms with Gasteiger partial charge in [0.05, 0.1) is 28.7 Å². The zero-order chi connectivity index (χ0) is 39.9. The Morgan fingerprint density at radius 1 is 0.474 bits per heavy atom. The summed E-state index contributed by atoms with van der Waals surface area (Å²) in [7, 11) is 1.89. The number of nitrogens with zero attached hydrogens (tertiary/aromatic N) is 8. The Kier molecular flexibility index (Phi) is 11.8. The molecule has 0 fully saturated rings. The summed E-state index contributed by atoms with van der Waals surface area (Å²) in [4.78, 5) is 26.3. The lowest BCUT2D eigenvalue weighted by Crippen LogP contribution is -1.94. The third kappa shape index (κ3) is 8.92. The van der Waals surface area contributed by atoms with Crippen LogP contribution in [0.2, 0.25) is 0 Å². The Hall–Kier alpha value is -6.67. The molecule has 9 rings (SSSR count). The number of rotatable bonds is 6. The van der Waals surface area contributed by atoms with Gasteiger partial charge in [-0.15, -0.1) is 0 Å². The fraction of sp³-hybridized carbons (Fsp3) is 0.204. The van der Waals surface area contributed by atoms with E-state index in [4.69, 9.17) is 0 Å². The number of aromatic nitrogens is 8. The predicted octanol–water partition coefficient (Wildman–Crippen LogP) is 12.0. The monoisotopic (exact) mass is 748 g/mol. The normalized spacial score (nSPS) is 11.2. The van der Waals surface area contributed by atoms with E-state index in [1.807, 2.05) is 56.1 Å². The number of pyridine rings is 2. The van der Waals surface area contributed by atoms with Gasteiger partial charge in [0.2, 0.25) is 0 Å². The van der Waals surface area contributed by atoms with Crippen molar-refractivity contribution in [2.75, 3.05) is 0 Å². The topological polar surface area (TPSA) is 95.2 Å². The van der Waals surface area contributed by atoms with Gasteiger partial charge in [-0.3, -0.25) is 14.6 Å². The van der Waals surface area contributed by atoms with Gasteiger partial charge in [-0.2, -0.15) is 5.10 Å². The van der Waals surface area contributed by atoms with Crippen LogP contribution in [-0.2, 0) is 7.05 Å². The van der Waals surface area contributed by atoms with Crippen LogP contribution in [0.25, 0.3) is 66.4 Å². The number of aryl methyl sites for hydroxylation is 1. The van der Waals surface area contributed by atoms with E-state index in [1.165, 1.54) is 50.1 Å². The van der Waals surface area contributed by atoms with Gasteiger partial charge in [0.25, 0.3) is 0 Å². The molecule has 0 unspecified atom stereocenters. The minimum atomic E-state index is 0.469. The summed E-state index contributed by atoms with van der Waals surface area (Å²) in [6, 6.07) is 33.7. The Morgan fingerprint density at radius 2 is 1.00 bits per heavy atom. The average Bonchev–Trinajstić information content (AvgIpc) is 3.69. The Labute approximate surface area is 334 Å². The standard InChI is InChI=1S/C18H17N.C16H15N3.C15H16N4/c1-13(2)16-10-6-9-15-11-18(19-12-17(15)16)14-7-4-3-5-8-14;1-11(2)14-5-3-4-12-6-16(19-9-15(12)14)13-7-17-10-18-8-13;1-10(2)12-5-4-6-14-13(12)8-16-15(18-14)11-7-17-19(3)9-11/h3-13H,1-2H3;3-11H,1-2H3;4-10H,1-3H3. The molecule has 8 nitrogen and oxygen atoms in total. The van der Waals surface area contributed by atoms with Crippen molar-refractivity contribution in [1.29, 1.82) is 0 Å². The second kappa shape index (κ2) is 17.4. The maximum absolute atomic E-state index is 4.64. The number of fused-ring (bicyclic) bond motifs is 3. The minimum Gasteiger partial charge on any atom is -0.275 e. The molecular formula is C49H48N8. The Morgan fingerprint density at radius 3 is 1.54 bits per heavy atom.